The average molecular weight is 405 g/mol. The third kappa shape index (κ3) is 3.56. The van der Waals surface area contributed by atoms with Crippen LogP contribution in [0.2, 0.25) is 0 Å². The summed E-state index contributed by atoms with van der Waals surface area (Å²) in [7, 11) is 0. The first-order chi connectivity index (χ1) is 14.1. The monoisotopic (exact) mass is 405 g/mol. The van der Waals surface area contributed by atoms with Crippen molar-refractivity contribution in [3.05, 3.63) is 96.9 Å². The Kier molecular flexibility index (Phi) is 5.22. The zero-order valence-electron chi connectivity index (χ0n) is 16.0. The van der Waals surface area contributed by atoms with Crippen LogP contribution in [0.25, 0.3) is 6.08 Å². The molecule has 0 fully saturated rings. The van der Waals surface area contributed by atoms with Gasteiger partial charge in [-0.15, -0.1) is 0 Å². The highest BCUT2D eigenvalue weighted by atomic mass is 32.1. The number of nitrogens with zero attached hydrogens (tertiary/aromatic N) is 3. The number of hydrogen-bond donors (Lipinski definition) is 0. The Morgan fingerprint density at radius 2 is 1.93 bits per heavy atom. The van der Waals surface area contributed by atoms with Gasteiger partial charge in [-0.05, 0) is 43.2 Å². The van der Waals surface area contributed by atoms with Gasteiger partial charge < -0.3 is 4.74 Å². The van der Waals surface area contributed by atoms with Gasteiger partial charge in [-0.2, -0.15) is 0 Å². The average Bonchev–Trinajstić information content (AvgIpc) is 3.03. The molecule has 0 amide bonds. The van der Waals surface area contributed by atoms with Crippen LogP contribution in [0.1, 0.15) is 31.0 Å². The number of allylic oxidation sites excluding steroid dienone is 1. The van der Waals surface area contributed by atoms with Crippen molar-refractivity contribution in [3.8, 4) is 0 Å². The maximum atomic E-state index is 13.3. The van der Waals surface area contributed by atoms with Gasteiger partial charge in [0, 0.05) is 12.4 Å². The van der Waals surface area contributed by atoms with Crippen LogP contribution >= 0.6 is 11.3 Å². The van der Waals surface area contributed by atoms with E-state index in [9.17, 15) is 9.59 Å². The first-order valence-corrected chi connectivity index (χ1v) is 10.1. The Hall–Kier alpha value is -3.32. The smallest absolute Gasteiger partial charge is 0.338 e. The number of fused-ring (bicyclic) bond motifs is 1. The lowest BCUT2D eigenvalue weighted by atomic mass is 9.96. The molecule has 29 heavy (non-hydrogen) atoms. The first-order valence-electron chi connectivity index (χ1n) is 9.24. The molecular weight excluding hydrogens is 386 g/mol. The van der Waals surface area contributed by atoms with E-state index in [0.717, 1.165) is 11.1 Å². The third-order valence-corrected chi connectivity index (χ3v) is 5.62. The maximum Gasteiger partial charge on any atom is 0.338 e. The summed E-state index contributed by atoms with van der Waals surface area (Å²) in [5, 5.41) is 0. The van der Waals surface area contributed by atoms with Crippen LogP contribution in [0.15, 0.2) is 75.9 Å². The van der Waals surface area contributed by atoms with Gasteiger partial charge in [-0.3, -0.25) is 14.3 Å². The zero-order chi connectivity index (χ0) is 20.4. The van der Waals surface area contributed by atoms with Gasteiger partial charge in [0.05, 0.1) is 28.5 Å². The number of carbonyl (C=O) groups is 1. The summed E-state index contributed by atoms with van der Waals surface area (Å²) in [4.78, 5) is 35.2. The fourth-order valence-corrected chi connectivity index (χ4v) is 4.40. The van der Waals surface area contributed by atoms with Crippen LogP contribution in [0.5, 0.6) is 0 Å². The molecule has 0 saturated heterocycles. The molecule has 3 aromatic rings. The zero-order valence-corrected chi connectivity index (χ0v) is 16.8. The van der Waals surface area contributed by atoms with Crippen LogP contribution in [0.4, 0.5) is 0 Å². The predicted molar refractivity (Wildman–Crippen MR) is 111 cm³/mol. The van der Waals surface area contributed by atoms with Crippen LogP contribution < -0.4 is 14.9 Å². The SMILES string of the molecule is CCOC(=O)C1=C(C)N=c2s/c(=C/c3ccncc3)c(=O)n2[C@H]1c1ccccc1. The summed E-state index contributed by atoms with van der Waals surface area (Å²) in [6.07, 6.45) is 5.17. The van der Waals surface area contributed by atoms with Crippen molar-refractivity contribution < 1.29 is 9.53 Å². The van der Waals surface area contributed by atoms with Crippen LogP contribution in [-0.4, -0.2) is 22.1 Å². The standard InChI is InChI=1S/C22H19N3O3S/c1-3-28-21(27)18-14(2)24-22-25(19(18)16-7-5-4-6-8-16)20(26)17(29-22)13-15-9-11-23-12-10-15/h4-13,19H,3H2,1-2H3/b17-13+/t19-/m0/s1. The Balaban J connectivity index is 1.96. The summed E-state index contributed by atoms with van der Waals surface area (Å²) < 4.78 is 7.42. The van der Waals surface area contributed by atoms with E-state index in [-0.39, 0.29) is 12.2 Å². The van der Waals surface area contributed by atoms with Crippen molar-refractivity contribution in [1.82, 2.24) is 9.55 Å². The van der Waals surface area contributed by atoms with Gasteiger partial charge in [0.1, 0.15) is 0 Å². The summed E-state index contributed by atoms with van der Waals surface area (Å²) in [6.45, 7) is 3.79. The van der Waals surface area contributed by atoms with Crippen molar-refractivity contribution in [2.75, 3.05) is 6.61 Å². The minimum Gasteiger partial charge on any atom is -0.463 e. The van der Waals surface area contributed by atoms with E-state index in [1.165, 1.54) is 11.3 Å². The number of aromatic nitrogens is 2. The molecule has 6 nitrogen and oxygen atoms in total. The number of pyridine rings is 1. The molecule has 0 unspecified atom stereocenters. The van der Waals surface area contributed by atoms with Gasteiger partial charge in [-0.25, -0.2) is 9.79 Å². The number of hydrogen-bond acceptors (Lipinski definition) is 6. The number of ether oxygens (including phenoxy) is 1. The largest absolute Gasteiger partial charge is 0.463 e. The lowest BCUT2D eigenvalue weighted by Gasteiger charge is -2.24. The van der Waals surface area contributed by atoms with E-state index in [2.05, 4.69) is 9.98 Å². The van der Waals surface area contributed by atoms with E-state index < -0.39 is 12.0 Å². The molecule has 0 aliphatic carbocycles. The fourth-order valence-electron chi connectivity index (χ4n) is 3.35. The molecule has 0 spiro atoms. The van der Waals surface area contributed by atoms with Gasteiger partial charge in [-0.1, -0.05) is 41.7 Å². The van der Waals surface area contributed by atoms with Gasteiger partial charge in [0.25, 0.3) is 5.56 Å². The van der Waals surface area contributed by atoms with E-state index >= 15 is 0 Å². The quantitative estimate of drug-likeness (QED) is 0.624. The van der Waals surface area contributed by atoms with Crippen molar-refractivity contribution in [1.29, 1.82) is 0 Å². The lowest BCUT2D eigenvalue weighted by molar-refractivity contribution is -0.139. The maximum absolute atomic E-state index is 13.3. The highest BCUT2D eigenvalue weighted by molar-refractivity contribution is 7.07. The van der Waals surface area contributed by atoms with Gasteiger partial charge >= 0.3 is 5.97 Å². The summed E-state index contributed by atoms with van der Waals surface area (Å²) in [6, 6.07) is 12.6. The molecule has 2 aromatic heterocycles. The Morgan fingerprint density at radius 1 is 1.21 bits per heavy atom. The Bertz CT molecular complexity index is 1260. The van der Waals surface area contributed by atoms with E-state index in [1.807, 2.05) is 48.5 Å². The molecule has 1 aliphatic heterocycles. The molecule has 4 rings (SSSR count). The number of benzene rings is 1. The predicted octanol–water partition coefficient (Wildman–Crippen LogP) is 2.19. The van der Waals surface area contributed by atoms with Crippen LogP contribution in [-0.2, 0) is 9.53 Å². The van der Waals surface area contributed by atoms with Crippen LogP contribution in [0, 0.1) is 0 Å². The van der Waals surface area contributed by atoms with Gasteiger partial charge in [0.15, 0.2) is 4.80 Å². The Labute approximate surface area is 171 Å². The molecule has 1 aliphatic rings. The first kappa shape index (κ1) is 19.0. The fraction of sp³-hybridized carbons (Fsp3) is 0.182. The van der Waals surface area contributed by atoms with E-state index in [1.54, 1.807) is 30.8 Å². The summed E-state index contributed by atoms with van der Waals surface area (Å²) in [5.41, 5.74) is 2.48. The Morgan fingerprint density at radius 3 is 2.62 bits per heavy atom. The molecule has 0 N–H and O–H groups in total. The minimum atomic E-state index is -0.578. The molecule has 7 heteroatoms. The molecular formula is C22H19N3O3S. The minimum absolute atomic E-state index is 0.186. The van der Waals surface area contributed by atoms with Crippen LogP contribution in [0.3, 0.4) is 0 Å². The lowest BCUT2D eigenvalue weighted by Crippen LogP contribution is -2.39. The summed E-state index contributed by atoms with van der Waals surface area (Å²) in [5.74, 6) is -0.453. The summed E-state index contributed by atoms with van der Waals surface area (Å²) >= 11 is 1.31. The molecule has 1 aromatic carbocycles. The third-order valence-electron chi connectivity index (χ3n) is 4.64. The van der Waals surface area contributed by atoms with Crippen molar-refractivity contribution in [2.45, 2.75) is 19.9 Å². The topological polar surface area (TPSA) is 73.6 Å². The van der Waals surface area contributed by atoms with Crippen molar-refractivity contribution in [3.63, 3.8) is 0 Å². The second kappa shape index (κ2) is 7.97. The number of carbonyl (C=O) groups excluding carboxylic acids is 1. The number of thiazole rings is 1. The molecule has 1 atom stereocenters. The highest BCUT2D eigenvalue weighted by Crippen LogP contribution is 2.30. The van der Waals surface area contributed by atoms with Crippen molar-refractivity contribution in [2.24, 2.45) is 4.99 Å². The second-order valence-electron chi connectivity index (χ2n) is 6.49. The normalized spacial score (nSPS) is 16.3. The van der Waals surface area contributed by atoms with E-state index in [4.69, 9.17) is 4.74 Å². The highest BCUT2D eigenvalue weighted by Gasteiger charge is 2.33. The molecule has 0 radical (unpaired) electrons. The number of esters is 1. The van der Waals surface area contributed by atoms with E-state index in [0.29, 0.717) is 20.6 Å². The van der Waals surface area contributed by atoms with Gasteiger partial charge in [0.2, 0.25) is 0 Å². The second-order valence-corrected chi connectivity index (χ2v) is 7.50. The molecule has 146 valence electrons. The van der Waals surface area contributed by atoms with Crippen molar-refractivity contribution >= 4 is 23.4 Å². The molecule has 3 heterocycles. The number of rotatable bonds is 4. The molecule has 0 saturated carbocycles. The molecule has 0 bridgehead atoms.